The molecule has 0 bridgehead atoms. The molecule has 192 valence electrons. The first kappa shape index (κ1) is 25.4. The Bertz CT molecular complexity index is 850. The third kappa shape index (κ3) is 6.94. The summed E-state index contributed by atoms with van der Waals surface area (Å²) in [4.78, 5) is 45.5. The molecule has 3 amide bonds. The van der Waals surface area contributed by atoms with Crippen LogP contribution in [-0.2, 0) is 24.0 Å². The average Bonchev–Trinajstić information content (AvgIpc) is 3.53. The molecule has 10 nitrogen and oxygen atoms in total. The number of aromatic nitrogens is 2. The Labute approximate surface area is 204 Å². The number of nitrogens with one attached hydrogen (secondary N) is 1. The number of carbonyl (C=O) groups excluding carboxylic acids is 3. The second-order valence-electron chi connectivity index (χ2n) is 9.63. The maximum atomic E-state index is 14.5. The van der Waals surface area contributed by atoms with E-state index in [1.165, 1.54) is 11.1 Å². The second kappa shape index (κ2) is 12.3. The molecule has 0 aromatic carbocycles. The van der Waals surface area contributed by atoms with Crippen molar-refractivity contribution in [2.75, 3.05) is 25.0 Å². The van der Waals surface area contributed by atoms with E-state index in [1.807, 2.05) is 0 Å². The molecule has 35 heavy (non-hydrogen) atoms. The van der Waals surface area contributed by atoms with Crippen LogP contribution in [0.5, 0.6) is 0 Å². The van der Waals surface area contributed by atoms with Crippen LogP contribution in [-0.4, -0.2) is 76.6 Å². The van der Waals surface area contributed by atoms with E-state index in [2.05, 4.69) is 15.5 Å². The van der Waals surface area contributed by atoms with E-state index in [0.717, 1.165) is 43.6 Å². The normalized spacial score (nSPS) is 25.9. The number of nitrogens with zero attached hydrogens (tertiary/aromatic N) is 4. The number of alkyl halides is 1. The minimum absolute atomic E-state index is 0.0324. The molecule has 2 saturated heterocycles. The molecule has 1 N–H and O–H groups in total. The molecule has 1 unspecified atom stereocenters. The van der Waals surface area contributed by atoms with Crippen molar-refractivity contribution < 1.29 is 28.3 Å². The van der Waals surface area contributed by atoms with Crippen molar-refractivity contribution in [1.29, 1.82) is 0 Å². The highest BCUT2D eigenvalue weighted by Crippen LogP contribution is 2.33. The van der Waals surface area contributed by atoms with Crippen molar-refractivity contribution in [3.8, 4) is 0 Å². The van der Waals surface area contributed by atoms with Crippen molar-refractivity contribution >= 4 is 24.0 Å². The summed E-state index contributed by atoms with van der Waals surface area (Å²) in [7, 11) is 0. The Morgan fingerprint density at radius 3 is 2.77 bits per heavy atom. The summed E-state index contributed by atoms with van der Waals surface area (Å²) in [5.74, 6) is -0.861. The smallest absolute Gasteiger partial charge is 0.248 e. The van der Waals surface area contributed by atoms with Crippen molar-refractivity contribution in [2.24, 2.45) is 11.8 Å². The number of carbonyl (C=O) groups is 3. The molecule has 0 spiro atoms. The molecule has 1 aromatic heterocycles. The highest BCUT2D eigenvalue weighted by atomic mass is 19.1. The van der Waals surface area contributed by atoms with Gasteiger partial charge in [0.25, 0.3) is 0 Å². The molecule has 4 rings (SSSR count). The zero-order valence-corrected chi connectivity index (χ0v) is 19.9. The summed E-state index contributed by atoms with van der Waals surface area (Å²) in [6.07, 6.45) is 7.48. The molecular formula is C24H34FN5O5. The lowest BCUT2D eigenvalue weighted by molar-refractivity contribution is -0.276. The molecule has 3 aliphatic rings. The van der Waals surface area contributed by atoms with Crippen LogP contribution in [0, 0.1) is 11.8 Å². The van der Waals surface area contributed by atoms with Crippen molar-refractivity contribution in [2.45, 2.75) is 76.3 Å². The Balaban J connectivity index is 1.46. The van der Waals surface area contributed by atoms with Gasteiger partial charge < -0.3 is 15.0 Å². The van der Waals surface area contributed by atoms with E-state index in [4.69, 9.17) is 9.57 Å². The molecule has 0 radical (unpaired) electrons. The summed E-state index contributed by atoms with van der Waals surface area (Å²) in [6.45, 7) is 0.437. The van der Waals surface area contributed by atoms with E-state index in [0.29, 0.717) is 31.8 Å². The second-order valence-corrected chi connectivity index (χ2v) is 9.63. The van der Waals surface area contributed by atoms with Crippen LogP contribution in [0.4, 0.5) is 10.2 Å². The number of rotatable bonds is 10. The molecule has 1 aromatic rings. The van der Waals surface area contributed by atoms with Gasteiger partial charge in [-0.3, -0.25) is 14.4 Å². The van der Waals surface area contributed by atoms with Gasteiger partial charge in [-0.25, -0.2) is 14.3 Å². The van der Waals surface area contributed by atoms with Crippen LogP contribution >= 0.6 is 0 Å². The monoisotopic (exact) mass is 491 g/mol. The maximum Gasteiger partial charge on any atom is 0.248 e. The number of hydroxylamine groups is 2. The molecule has 3 fully saturated rings. The van der Waals surface area contributed by atoms with E-state index in [1.54, 1.807) is 12.1 Å². The Kier molecular flexibility index (Phi) is 8.97. The number of likely N-dealkylation sites (tertiary alicyclic amines) is 1. The van der Waals surface area contributed by atoms with Gasteiger partial charge in [0.05, 0.1) is 19.0 Å². The van der Waals surface area contributed by atoms with Crippen molar-refractivity contribution in [3.63, 3.8) is 0 Å². The zero-order chi connectivity index (χ0) is 24.6. The average molecular weight is 492 g/mol. The molecule has 4 atom stereocenters. The minimum atomic E-state index is -1.31. The molecule has 1 saturated carbocycles. The summed E-state index contributed by atoms with van der Waals surface area (Å²) in [5.41, 5.74) is 0. The van der Waals surface area contributed by atoms with E-state index >= 15 is 0 Å². The number of anilines is 1. The van der Waals surface area contributed by atoms with Crippen LogP contribution in [0.25, 0.3) is 0 Å². The first-order valence-corrected chi connectivity index (χ1v) is 12.6. The zero-order valence-electron chi connectivity index (χ0n) is 19.9. The number of hydrogen-bond donors (Lipinski definition) is 1. The predicted molar refractivity (Wildman–Crippen MR) is 123 cm³/mol. The van der Waals surface area contributed by atoms with Gasteiger partial charge in [0, 0.05) is 25.6 Å². The van der Waals surface area contributed by atoms with Gasteiger partial charge in [-0.05, 0) is 37.3 Å². The Morgan fingerprint density at radius 2 is 2.09 bits per heavy atom. The lowest BCUT2D eigenvalue weighted by atomic mass is 9.91. The van der Waals surface area contributed by atoms with Crippen molar-refractivity contribution in [1.82, 2.24) is 20.2 Å². The summed E-state index contributed by atoms with van der Waals surface area (Å²) >= 11 is 0. The van der Waals surface area contributed by atoms with E-state index < -0.39 is 30.3 Å². The molecule has 1 aliphatic carbocycles. The molecule has 3 heterocycles. The topological polar surface area (TPSA) is 114 Å². The van der Waals surface area contributed by atoms with Gasteiger partial charge in [0.15, 0.2) is 12.1 Å². The summed E-state index contributed by atoms with van der Waals surface area (Å²) < 4.78 is 20.1. The van der Waals surface area contributed by atoms with Crippen LogP contribution < -0.4 is 5.32 Å². The molecule has 2 aliphatic heterocycles. The van der Waals surface area contributed by atoms with E-state index in [-0.39, 0.29) is 31.2 Å². The van der Waals surface area contributed by atoms with Crippen molar-refractivity contribution in [3.05, 3.63) is 18.3 Å². The quantitative estimate of drug-likeness (QED) is 0.395. The van der Waals surface area contributed by atoms with Gasteiger partial charge in [-0.1, -0.05) is 25.7 Å². The van der Waals surface area contributed by atoms with Gasteiger partial charge in [0.1, 0.15) is 12.2 Å². The van der Waals surface area contributed by atoms with Crippen LogP contribution in [0.15, 0.2) is 18.3 Å². The SMILES string of the molecule is O=CN(C[C@@H](CC1CCCC1)C(=O)N1C[C@H](F)C[C@H]1C(=O)Nc1cccnn1)OC1CCCCO1. The third-order valence-electron chi connectivity index (χ3n) is 7.01. The third-order valence-corrected chi connectivity index (χ3v) is 7.01. The van der Waals surface area contributed by atoms with Gasteiger partial charge in [-0.2, -0.15) is 5.10 Å². The number of halogens is 1. The van der Waals surface area contributed by atoms with Gasteiger partial charge in [-0.15, -0.1) is 5.10 Å². The van der Waals surface area contributed by atoms with Gasteiger partial charge in [0.2, 0.25) is 18.2 Å². The fraction of sp³-hybridized carbons (Fsp3) is 0.708. The summed E-state index contributed by atoms with van der Waals surface area (Å²) in [5, 5.41) is 11.3. The van der Waals surface area contributed by atoms with Crippen LogP contribution in [0.1, 0.15) is 57.8 Å². The Hall–Kier alpha value is -2.66. The maximum absolute atomic E-state index is 14.5. The van der Waals surface area contributed by atoms with Gasteiger partial charge >= 0.3 is 0 Å². The first-order chi connectivity index (χ1) is 17.0. The van der Waals surface area contributed by atoms with Crippen LogP contribution in [0.3, 0.4) is 0 Å². The first-order valence-electron chi connectivity index (χ1n) is 12.6. The Morgan fingerprint density at radius 1 is 1.29 bits per heavy atom. The predicted octanol–water partition coefficient (Wildman–Crippen LogP) is 2.47. The molecule has 11 heteroatoms. The number of amides is 3. The largest absolute Gasteiger partial charge is 0.350 e. The fourth-order valence-corrected chi connectivity index (χ4v) is 5.26. The highest BCUT2D eigenvalue weighted by Gasteiger charge is 2.43. The highest BCUT2D eigenvalue weighted by molar-refractivity contribution is 5.97. The molecular weight excluding hydrogens is 457 g/mol. The standard InChI is InChI=1S/C24H34FN5O5/c25-19-13-20(23(32)27-21-8-5-10-26-28-21)30(15-19)24(33)18(12-17-6-1-2-7-17)14-29(16-31)35-22-9-3-4-11-34-22/h5,8,10,16-20,22H,1-4,6-7,9,11-15H2,(H,27,28,32)/t18-,19-,20+,22?/m1/s1. The van der Waals surface area contributed by atoms with Crippen LogP contribution in [0.2, 0.25) is 0 Å². The minimum Gasteiger partial charge on any atom is -0.350 e. The van der Waals surface area contributed by atoms with E-state index in [9.17, 15) is 18.8 Å². The number of hydrogen-bond acceptors (Lipinski definition) is 7. The number of ether oxygens (including phenoxy) is 1. The fourth-order valence-electron chi connectivity index (χ4n) is 5.26. The lowest BCUT2D eigenvalue weighted by Gasteiger charge is -2.32. The summed E-state index contributed by atoms with van der Waals surface area (Å²) in [6, 6.07) is 2.24. The lowest BCUT2D eigenvalue weighted by Crippen LogP contribution is -2.48.